The molecule has 0 aromatic heterocycles. The first kappa shape index (κ1) is 22.6. The molecule has 0 spiro atoms. The van der Waals surface area contributed by atoms with Crippen molar-refractivity contribution in [2.45, 2.75) is 32.8 Å². The predicted octanol–water partition coefficient (Wildman–Crippen LogP) is 7.48. The van der Waals surface area contributed by atoms with E-state index in [0.29, 0.717) is 6.61 Å². The van der Waals surface area contributed by atoms with Crippen LogP contribution in [0.25, 0.3) is 24.3 Å². The van der Waals surface area contributed by atoms with Crippen molar-refractivity contribution in [2.75, 3.05) is 14.2 Å². The summed E-state index contributed by atoms with van der Waals surface area (Å²) in [5.74, 6) is 0.889. The third kappa shape index (κ3) is 6.44. The van der Waals surface area contributed by atoms with Crippen LogP contribution in [0.2, 0.25) is 0 Å². The third-order valence-electron chi connectivity index (χ3n) is 5.25. The van der Waals surface area contributed by atoms with Gasteiger partial charge in [-0.25, -0.2) is 0 Å². The monoisotopic (exact) mass is 412 g/mol. The average Bonchev–Trinajstić information content (AvgIpc) is 2.77. The number of hydrogen-bond donors (Lipinski definition) is 0. The van der Waals surface area contributed by atoms with Crippen LogP contribution >= 0.6 is 0 Å². The van der Waals surface area contributed by atoms with Gasteiger partial charge in [0.2, 0.25) is 0 Å². The third-order valence-corrected chi connectivity index (χ3v) is 5.25. The molecule has 31 heavy (non-hydrogen) atoms. The molecule has 0 fully saturated rings. The van der Waals surface area contributed by atoms with Gasteiger partial charge in [0.1, 0.15) is 5.75 Å². The Morgan fingerprint density at radius 3 is 1.68 bits per heavy atom. The highest BCUT2D eigenvalue weighted by molar-refractivity contribution is 5.75. The van der Waals surface area contributed by atoms with Crippen LogP contribution in [0.15, 0.2) is 66.7 Å². The molecular weight excluding hydrogens is 380 g/mol. The summed E-state index contributed by atoms with van der Waals surface area (Å²) in [6.07, 6.45) is 8.52. The highest BCUT2D eigenvalue weighted by Gasteiger charge is 2.15. The molecule has 0 aliphatic rings. The van der Waals surface area contributed by atoms with Crippen molar-refractivity contribution in [1.82, 2.24) is 0 Å². The molecule has 3 aromatic rings. The molecule has 160 valence electrons. The molecule has 0 aliphatic carbocycles. The lowest BCUT2D eigenvalue weighted by atomic mass is 9.86. The van der Waals surface area contributed by atoms with Crippen LogP contribution in [0.1, 0.15) is 54.2 Å². The Hall–Kier alpha value is -3.10. The normalized spacial score (nSPS) is 12.0. The van der Waals surface area contributed by atoms with E-state index in [4.69, 9.17) is 9.47 Å². The summed E-state index contributed by atoms with van der Waals surface area (Å²) in [5.41, 5.74) is 7.18. The summed E-state index contributed by atoms with van der Waals surface area (Å²) >= 11 is 0. The maximum absolute atomic E-state index is 5.55. The van der Waals surface area contributed by atoms with Crippen molar-refractivity contribution in [3.63, 3.8) is 0 Å². The van der Waals surface area contributed by atoms with Crippen LogP contribution in [0.3, 0.4) is 0 Å². The van der Waals surface area contributed by atoms with Crippen LogP contribution in [0.5, 0.6) is 5.75 Å². The van der Waals surface area contributed by atoms with Crippen molar-refractivity contribution >= 4 is 24.3 Å². The number of rotatable bonds is 7. The van der Waals surface area contributed by atoms with Gasteiger partial charge in [0.15, 0.2) is 0 Å². The van der Waals surface area contributed by atoms with Crippen molar-refractivity contribution < 1.29 is 9.47 Å². The SMILES string of the molecule is COCc1ccc(/C=C/c2ccc(/C=C/c3cc(C(C)(C)C)ccc3OC)cc2)cc1. The van der Waals surface area contributed by atoms with Crippen molar-refractivity contribution in [3.05, 3.63) is 100 Å². The van der Waals surface area contributed by atoms with Crippen molar-refractivity contribution in [1.29, 1.82) is 0 Å². The lowest BCUT2D eigenvalue weighted by Gasteiger charge is -2.20. The first-order valence-electron chi connectivity index (χ1n) is 10.6. The smallest absolute Gasteiger partial charge is 0.126 e. The zero-order valence-corrected chi connectivity index (χ0v) is 19.2. The zero-order valence-electron chi connectivity index (χ0n) is 19.2. The molecule has 0 radical (unpaired) electrons. The molecule has 0 atom stereocenters. The Balaban J connectivity index is 1.71. The first-order valence-corrected chi connectivity index (χ1v) is 10.6. The molecule has 0 amide bonds. The fourth-order valence-electron chi connectivity index (χ4n) is 3.32. The molecule has 0 saturated carbocycles. The quantitative estimate of drug-likeness (QED) is 0.375. The van der Waals surface area contributed by atoms with Crippen LogP contribution in [0.4, 0.5) is 0 Å². The van der Waals surface area contributed by atoms with Gasteiger partial charge in [0.25, 0.3) is 0 Å². The van der Waals surface area contributed by atoms with Gasteiger partial charge in [0.05, 0.1) is 13.7 Å². The topological polar surface area (TPSA) is 18.5 Å². The van der Waals surface area contributed by atoms with E-state index in [1.807, 2.05) is 0 Å². The zero-order chi connectivity index (χ0) is 22.3. The Morgan fingerprint density at radius 1 is 0.677 bits per heavy atom. The van der Waals surface area contributed by atoms with Gasteiger partial charge in [-0.2, -0.15) is 0 Å². The molecule has 0 saturated heterocycles. The van der Waals surface area contributed by atoms with Gasteiger partial charge in [-0.1, -0.05) is 99.7 Å². The van der Waals surface area contributed by atoms with Crippen LogP contribution < -0.4 is 4.74 Å². The Kier molecular flexibility index (Phi) is 7.49. The summed E-state index contributed by atoms with van der Waals surface area (Å²) in [5, 5.41) is 0. The van der Waals surface area contributed by atoms with E-state index in [-0.39, 0.29) is 5.41 Å². The van der Waals surface area contributed by atoms with E-state index in [9.17, 15) is 0 Å². The molecule has 0 heterocycles. The molecule has 2 nitrogen and oxygen atoms in total. The van der Waals surface area contributed by atoms with Gasteiger partial charge in [0, 0.05) is 12.7 Å². The van der Waals surface area contributed by atoms with E-state index in [1.54, 1.807) is 14.2 Å². The molecular formula is C29H32O2. The maximum atomic E-state index is 5.55. The fraction of sp³-hybridized carbons (Fsp3) is 0.241. The van der Waals surface area contributed by atoms with E-state index >= 15 is 0 Å². The second-order valence-corrected chi connectivity index (χ2v) is 8.71. The Labute approximate surface area is 186 Å². The standard InChI is InChI=1S/C29H32O2/c1-29(2,3)27-18-19-28(31-5)26(20-27)17-16-24-10-8-22(9-11-24)6-7-23-12-14-25(15-13-23)21-30-4/h6-20H,21H2,1-5H3/b7-6+,17-16+. The molecule has 3 aromatic carbocycles. The molecule has 0 bridgehead atoms. The number of hydrogen-bond acceptors (Lipinski definition) is 2. The Bertz CT molecular complexity index is 1030. The molecule has 3 rings (SSSR count). The van der Waals surface area contributed by atoms with Gasteiger partial charge in [-0.3, -0.25) is 0 Å². The molecule has 0 aliphatic heterocycles. The number of ether oxygens (including phenoxy) is 2. The van der Waals surface area contributed by atoms with Crippen LogP contribution in [-0.4, -0.2) is 14.2 Å². The highest BCUT2D eigenvalue weighted by Crippen LogP contribution is 2.29. The minimum absolute atomic E-state index is 0.104. The summed E-state index contributed by atoms with van der Waals surface area (Å²) in [6, 6.07) is 23.4. The van der Waals surface area contributed by atoms with E-state index in [2.05, 4.69) is 112 Å². The molecule has 0 unspecified atom stereocenters. The van der Waals surface area contributed by atoms with E-state index < -0.39 is 0 Å². The maximum Gasteiger partial charge on any atom is 0.126 e. The first-order chi connectivity index (χ1) is 14.9. The van der Waals surface area contributed by atoms with Gasteiger partial charge < -0.3 is 9.47 Å². The van der Waals surface area contributed by atoms with E-state index in [1.165, 1.54) is 22.3 Å². The second-order valence-electron chi connectivity index (χ2n) is 8.71. The largest absolute Gasteiger partial charge is 0.496 e. The number of methoxy groups -OCH3 is 2. The van der Waals surface area contributed by atoms with Crippen molar-refractivity contribution in [3.8, 4) is 5.75 Å². The highest BCUT2D eigenvalue weighted by atomic mass is 16.5. The summed E-state index contributed by atoms with van der Waals surface area (Å²) in [4.78, 5) is 0. The average molecular weight is 413 g/mol. The summed E-state index contributed by atoms with van der Waals surface area (Å²) in [7, 11) is 3.43. The Morgan fingerprint density at radius 2 is 1.19 bits per heavy atom. The lowest BCUT2D eigenvalue weighted by molar-refractivity contribution is 0.185. The van der Waals surface area contributed by atoms with Gasteiger partial charge in [-0.15, -0.1) is 0 Å². The number of benzene rings is 3. The molecule has 2 heteroatoms. The van der Waals surface area contributed by atoms with E-state index in [0.717, 1.165) is 16.9 Å². The summed E-state index contributed by atoms with van der Waals surface area (Å²) < 4.78 is 10.7. The van der Waals surface area contributed by atoms with Crippen LogP contribution in [-0.2, 0) is 16.8 Å². The summed E-state index contributed by atoms with van der Waals surface area (Å²) in [6.45, 7) is 7.32. The predicted molar refractivity (Wildman–Crippen MR) is 133 cm³/mol. The lowest BCUT2D eigenvalue weighted by Crippen LogP contribution is -2.11. The van der Waals surface area contributed by atoms with Crippen LogP contribution in [0, 0.1) is 0 Å². The molecule has 0 N–H and O–H groups in total. The second kappa shape index (κ2) is 10.3. The minimum atomic E-state index is 0.104. The fourth-order valence-corrected chi connectivity index (χ4v) is 3.32. The van der Waals surface area contributed by atoms with Crippen molar-refractivity contribution in [2.24, 2.45) is 0 Å². The van der Waals surface area contributed by atoms with Gasteiger partial charge >= 0.3 is 0 Å². The minimum Gasteiger partial charge on any atom is -0.496 e. The van der Waals surface area contributed by atoms with Gasteiger partial charge in [-0.05, 0) is 45.4 Å².